The molecular formula is C9H10F2N4. The van der Waals surface area contributed by atoms with Crippen molar-refractivity contribution < 1.29 is 8.78 Å². The minimum Gasteiger partial charge on any atom is -0.243 e. The first-order valence-electron chi connectivity index (χ1n) is 4.03. The van der Waals surface area contributed by atoms with E-state index in [1.54, 1.807) is 0 Å². The van der Waals surface area contributed by atoms with Gasteiger partial charge in [0.05, 0.1) is 0 Å². The smallest absolute Gasteiger partial charge is 0.180 e. The van der Waals surface area contributed by atoms with Gasteiger partial charge in [0.2, 0.25) is 0 Å². The topological polar surface area (TPSA) is 54.0 Å². The second-order valence-electron chi connectivity index (χ2n) is 2.81. The third-order valence-corrected chi connectivity index (χ3v) is 1.52. The van der Waals surface area contributed by atoms with Crippen LogP contribution in [-0.4, -0.2) is 24.7 Å². The van der Waals surface area contributed by atoms with Crippen LogP contribution < -0.4 is 5.84 Å². The maximum atomic E-state index is 12.9. The molecule has 0 spiro atoms. The Morgan fingerprint density at radius 1 is 1.33 bits per heavy atom. The maximum absolute atomic E-state index is 12.9. The number of benzene rings is 1. The Labute approximate surface area is 85.7 Å². The van der Waals surface area contributed by atoms with Crippen LogP contribution in [0.15, 0.2) is 28.3 Å². The van der Waals surface area contributed by atoms with Crippen molar-refractivity contribution in [1.82, 2.24) is 5.12 Å². The molecule has 0 saturated heterocycles. The second-order valence-corrected chi connectivity index (χ2v) is 2.81. The predicted molar refractivity (Wildman–Crippen MR) is 54.4 cm³/mol. The van der Waals surface area contributed by atoms with Crippen LogP contribution in [0.1, 0.15) is 5.56 Å². The fourth-order valence-electron chi connectivity index (χ4n) is 1.01. The van der Waals surface area contributed by atoms with Gasteiger partial charge in [0, 0.05) is 18.7 Å². The summed E-state index contributed by atoms with van der Waals surface area (Å²) in [5, 5.41) is 4.69. The molecule has 80 valence electrons. The number of aliphatic imine (C=N–C) groups is 1. The number of amidine groups is 1. The zero-order valence-electron chi connectivity index (χ0n) is 8.11. The van der Waals surface area contributed by atoms with Crippen molar-refractivity contribution in [3.8, 4) is 0 Å². The Morgan fingerprint density at radius 2 is 1.87 bits per heavy atom. The highest BCUT2D eigenvalue weighted by Gasteiger charge is 2.06. The van der Waals surface area contributed by atoms with Gasteiger partial charge in [-0.3, -0.25) is 0 Å². The number of nitrogens with zero attached hydrogens (tertiary/aromatic N) is 3. The lowest BCUT2D eigenvalue weighted by atomic mass is 10.2. The molecule has 0 aliphatic carbocycles. The fraction of sp³-hybridized carbons (Fsp3) is 0.111. The SMILES string of the molecule is C=N/C(=N\N(C)N)c1cc(F)cc(F)c1. The Bertz CT molecular complexity index is 381. The molecule has 0 heterocycles. The number of rotatable bonds is 2. The van der Waals surface area contributed by atoms with E-state index in [-0.39, 0.29) is 11.4 Å². The van der Waals surface area contributed by atoms with Crippen LogP contribution >= 0.6 is 0 Å². The first-order valence-corrected chi connectivity index (χ1v) is 4.03. The van der Waals surface area contributed by atoms with Crippen LogP contribution in [0.4, 0.5) is 8.78 Å². The lowest BCUT2D eigenvalue weighted by Crippen LogP contribution is -2.21. The summed E-state index contributed by atoms with van der Waals surface area (Å²) in [6.45, 7) is 3.24. The molecule has 0 radical (unpaired) electrons. The van der Waals surface area contributed by atoms with Gasteiger partial charge in [0.15, 0.2) is 5.84 Å². The van der Waals surface area contributed by atoms with Gasteiger partial charge in [0.25, 0.3) is 0 Å². The predicted octanol–water partition coefficient (Wildman–Crippen LogP) is 1.13. The maximum Gasteiger partial charge on any atom is 0.180 e. The number of nitrogens with two attached hydrogens (primary N) is 1. The van der Waals surface area contributed by atoms with Crippen LogP contribution in [0.2, 0.25) is 0 Å². The van der Waals surface area contributed by atoms with Crippen molar-refractivity contribution in [2.75, 3.05) is 7.05 Å². The van der Waals surface area contributed by atoms with Crippen LogP contribution in [0.25, 0.3) is 0 Å². The molecule has 15 heavy (non-hydrogen) atoms. The highest BCUT2D eigenvalue weighted by Crippen LogP contribution is 2.09. The molecular weight excluding hydrogens is 202 g/mol. The van der Waals surface area contributed by atoms with Crippen molar-refractivity contribution >= 4 is 12.6 Å². The van der Waals surface area contributed by atoms with Crippen LogP contribution in [-0.2, 0) is 0 Å². The van der Waals surface area contributed by atoms with Gasteiger partial charge >= 0.3 is 0 Å². The van der Waals surface area contributed by atoms with Crippen LogP contribution in [0.5, 0.6) is 0 Å². The molecule has 4 nitrogen and oxygen atoms in total. The Morgan fingerprint density at radius 3 is 2.27 bits per heavy atom. The fourth-order valence-corrected chi connectivity index (χ4v) is 1.01. The van der Waals surface area contributed by atoms with Gasteiger partial charge in [-0.1, -0.05) is 0 Å². The standard InChI is InChI=1S/C9H10F2N4/c1-13-9(14-15(2)12)6-3-7(10)5-8(11)4-6/h3-5H,1,12H2,2H3/b14-9-. The zero-order valence-corrected chi connectivity index (χ0v) is 8.11. The van der Waals surface area contributed by atoms with E-state index < -0.39 is 11.6 Å². The molecule has 0 aliphatic heterocycles. The molecule has 0 amide bonds. The molecule has 0 saturated carbocycles. The molecule has 0 unspecified atom stereocenters. The average Bonchev–Trinajstić information content (AvgIpc) is 2.12. The Hall–Kier alpha value is -1.82. The van der Waals surface area contributed by atoms with E-state index in [1.165, 1.54) is 7.05 Å². The summed E-state index contributed by atoms with van der Waals surface area (Å²) >= 11 is 0. The van der Waals surface area contributed by atoms with Crippen molar-refractivity contribution in [3.63, 3.8) is 0 Å². The number of hydrogen-bond acceptors (Lipinski definition) is 3. The summed E-state index contributed by atoms with van der Waals surface area (Å²) in [5.74, 6) is 3.89. The van der Waals surface area contributed by atoms with E-state index in [9.17, 15) is 8.78 Å². The molecule has 0 atom stereocenters. The molecule has 0 fully saturated rings. The lowest BCUT2D eigenvalue weighted by Gasteiger charge is -2.06. The minimum absolute atomic E-state index is 0.0541. The molecule has 1 aromatic carbocycles. The van der Waals surface area contributed by atoms with Crippen molar-refractivity contribution in [1.29, 1.82) is 0 Å². The molecule has 0 aromatic heterocycles. The molecule has 6 heteroatoms. The zero-order chi connectivity index (χ0) is 11.4. The second kappa shape index (κ2) is 4.61. The van der Waals surface area contributed by atoms with Gasteiger partial charge in [-0.2, -0.15) is 0 Å². The number of hydrazone groups is 1. The molecule has 0 bridgehead atoms. The minimum atomic E-state index is -0.707. The summed E-state index contributed by atoms with van der Waals surface area (Å²) in [6.07, 6.45) is 0. The average molecular weight is 212 g/mol. The van der Waals surface area contributed by atoms with Crippen LogP contribution in [0.3, 0.4) is 0 Å². The summed E-state index contributed by atoms with van der Waals surface area (Å²) in [4.78, 5) is 3.53. The van der Waals surface area contributed by atoms with E-state index >= 15 is 0 Å². The first kappa shape index (κ1) is 11.3. The van der Waals surface area contributed by atoms with E-state index in [4.69, 9.17) is 5.84 Å². The summed E-state index contributed by atoms with van der Waals surface area (Å²) in [6, 6.07) is 2.95. The van der Waals surface area contributed by atoms with Gasteiger partial charge in [-0.25, -0.2) is 24.7 Å². The number of hydrogen-bond donors (Lipinski definition) is 1. The highest BCUT2D eigenvalue weighted by atomic mass is 19.1. The van der Waals surface area contributed by atoms with Gasteiger partial charge < -0.3 is 0 Å². The van der Waals surface area contributed by atoms with Gasteiger partial charge in [-0.05, 0) is 18.9 Å². The Kier molecular flexibility index (Phi) is 3.46. The van der Waals surface area contributed by atoms with Crippen molar-refractivity contribution in [2.24, 2.45) is 15.9 Å². The van der Waals surface area contributed by atoms with E-state index in [1.807, 2.05) is 0 Å². The first-order chi connectivity index (χ1) is 7.02. The summed E-state index contributed by atoms with van der Waals surface area (Å²) in [5.41, 5.74) is 0.180. The van der Waals surface area contributed by atoms with Crippen LogP contribution in [0, 0.1) is 11.6 Å². The van der Waals surface area contributed by atoms with Gasteiger partial charge in [-0.15, -0.1) is 5.10 Å². The number of halogens is 2. The lowest BCUT2D eigenvalue weighted by molar-refractivity contribution is 0.371. The summed E-state index contributed by atoms with van der Waals surface area (Å²) in [7, 11) is 1.46. The normalized spacial score (nSPS) is 11.3. The quantitative estimate of drug-likeness (QED) is 0.346. The molecule has 1 aromatic rings. The van der Waals surface area contributed by atoms with Crippen molar-refractivity contribution in [3.05, 3.63) is 35.4 Å². The monoisotopic (exact) mass is 212 g/mol. The number of hydrazine groups is 1. The summed E-state index contributed by atoms with van der Waals surface area (Å²) < 4.78 is 25.7. The largest absolute Gasteiger partial charge is 0.243 e. The molecule has 0 aliphatic rings. The van der Waals surface area contributed by atoms with Crippen molar-refractivity contribution in [2.45, 2.75) is 0 Å². The van der Waals surface area contributed by atoms with E-state index in [2.05, 4.69) is 16.8 Å². The third-order valence-electron chi connectivity index (χ3n) is 1.52. The van der Waals surface area contributed by atoms with E-state index in [0.717, 1.165) is 23.3 Å². The Balaban J connectivity index is 3.18. The highest BCUT2D eigenvalue weighted by molar-refractivity contribution is 6.01. The third kappa shape index (κ3) is 3.10. The van der Waals surface area contributed by atoms with E-state index in [0.29, 0.717) is 0 Å². The molecule has 2 N–H and O–H groups in total. The van der Waals surface area contributed by atoms with Gasteiger partial charge in [0.1, 0.15) is 11.6 Å². The molecule has 1 rings (SSSR count).